The SMILES string of the molecule is Cc1cccc2nc(COC(=O)c3cc(F)c(F)cc3Cl)cc(=O)n12. The lowest BCUT2D eigenvalue weighted by Gasteiger charge is -2.08. The first-order chi connectivity index (χ1) is 11.9. The minimum Gasteiger partial charge on any atom is -0.456 e. The average molecular weight is 365 g/mol. The van der Waals surface area contributed by atoms with E-state index < -0.39 is 17.6 Å². The van der Waals surface area contributed by atoms with Gasteiger partial charge >= 0.3 is 5.97 Å². The van der Waals surface area contributed by atoms with Crippen molar-refractivity contribution in [3.05, 3.63) is 80.4 Å². The maximum atomic E-state index is 13.3. The zero-order chi connectivity index (χ0) is 18.1. The van der Waals surface area contributed by atoms with Crippen molar-refractivity contribution in [3.63, 3.8) is 0 Å². The van der Waals surface area contributed by atoms with Crippen LogP contribution in [0.25, 0.3) is 5.65 Å². The lowest BCUT2D eigenvalue weighted by Crippen LogP contribution is -2.18. The predicted molar refractivity (Wildman–Crippen MR) is 86.7 cm³/mol. The number of hydrogen-bond donors (Lipinski definition) is 0. The van der Waals surface area contributed by atoms with Crippen LogP contribution in [0.4, 0.5) is 8.78 Å². The standard InChI is InChI=1S/C17H11ClF2N2O3/c1-9-3-2-4-15-21-10(5-16(23)22(9)15)8-25-17(24)11-6-13(19)14(20)7-12(11)18/h2-7H,8H2,1H3. The fourth-order valence-electron chi connectivity index (χ4n) is 2.33. The second-order valence-corrected chi connectivity index (χ2v) is 5.68. The summed E-state index contributed by atoms with van der Waals surface area (Å²) in [6.07, 6.45) is 0. The molecule has 0 fully saturated rings. The molecule has 0 amide bonds. The number of pyridine rings is 1. The van der Waals surface area contributed by atoms with Gasteiger partial charge in [-0.05, 0) is 31.2 Å². The molecule has 3 aromatic rings. The van der Waals surface area contributed by atoms with Crippen LogP contribution in [0.1, 0.15) is 21.7 Å². The smallest absolute Gasteiger partial charge is 0.340 e. The number of carbonyl (C=O) groups is 1. The van der Waals surface area contributed by atoms with Crippen LogP contribution in [0.2, 0.25) is 5.02 Å². The van der Waals surface area contributed by atoms with Gasteiger partial charge in [0.05, 0.1) is 16.3 Å². The molecule has 0 aliphatic heterocycles. The van der Waals surface area contributed by atoms with Gasteiger partial charge in [0.1, 0.15) is 12.3 Å². The molecule has 3 rings (SSSR count). The maximum absolute atomic E-state index is 13.3. The molecule has 0 unspecified atom stereocenters. The molecule has 25 heavy (non-hydrogen) atoms. The largest absolute Gasteiger partial charge is 0.456 e. The Morgan fingerprint density at radius 3 is 2.72 bits per heavy atom. The fourth-order valence-corrected chi connectivity index (χ4v) is 2.56. The van der Waals surface area contributed by atoms with Gasteiger partial charge in [-0.3, -0.25) is 9.20 Å². The zero-order valence-corrected chi connectivity index (χ0v) is 13.7. The van der Waals surface area contributed by atoms with E-state index in [1.807, 2.05) is 0 Å². The number of hydrogen-bond acceptors (Lipinski definition) is 4. The van der Waals surface area contributed by atoms with Crippen molar-refractivity contribution in [2.45, 2.75) is 13.5 Å². The van der Waals surface area contributed by atoms with Crippen molar-refractivity contribution >= 4 is 23.2 Å². The molecule has 8 heteroatoms. The van der Waals surface area contributed by atoms with Crippen LogP contribution in [0.5, 0.6) is 0 Å². The van der Waals surface area contributed by atoms with Gasteiger partial charge in [0, 0.05) is 11.8 Å². The van der Waals surface area contributed by atoms with Gasteiger partial charge in [-0.15, -0.1) is 0 Å². The van der Waals surface area contributed by atoms with Gasteiger partial charge in [0.2, 0.25) is 0 Å². The minimum absolute atomic E-state index is 0.225. The highest BCUT2D eigenvalue weighted by Crippen LogP contribution is 2.21. The zero-order valence-electron chi connectivity index (χ0n) is 12.9. The van der Waals surface area contributed by atoms with Crippen LogP contribution < -0.4 is 5.56 Å². The van der Waals surface area contributed by atoms with E-state index in [1.54, 1.807) is 25.1 Å². The van der Waals surface area contributed by atoms with Crippen molar-refractivity contribution < 1.29 is 18.3 Å². The number of halogens is 3. The summed E-state index contributed by atoms with van der Waals surface area (Å²) in [5.41, 5.74) is 0.716. The maximum Gasteiger partial charge on any atom is 0.340 e. The molecular formula is C17H11ClF2N2O3. The highest BCUT2D eigenvalue weighted by atomic mass is 35.5. The molecule has 0 bridgehead atoms. The van der Waals surface area contributed by atoms with Crippen molar-refractivity contribution in [1.29, 1.82) is 0 Å². The van der Waals surface area contributed by atoms with E-state index in [0.717, 1.165) is 0 Å². The number of aryl methyl sites for hydroxylation is 1. The van der Waals surface area contributed by atoms with E-state index in [4.69, 9.17) is 16.3 Å². The molecule has 0 spiro atoms. The molecule has 0 saturated carbocycles. The molecule has 2 heterocycles. The number of fused-ring (bicyclic) bond motifs is 1. The van der Waals surface area contributed by atoms with Crippen molar-refractivity contribution in [1.82, 2.24) is 9.38 Å². The van der Waals surface area contributed by atoms with Gasteiger partial charge in [-0.25, -0.2) is 18.6 Å². The number of rotatable bonds is 3. The Kier molecular flexibility index (Phi) is 4.50. The van der Waals surface area contributed by atoms with E-state index in [0.29, 0.717) is 23.5 Å². The minimum atomic E-state index is -1.21. The van der Waals surface area contributed by atoms with Crippen molar-refractivity contribution in [2.24, 2.45) is 0 Å². The second-order valence-electron chi connectivity index (χ2n) is 5.27. The summed E-state index contributed by atoms with van der Waals surface area (Å²) in [7, 11) is 0. The molecule has 128 valence electrons. The van der Waals surface area contributed by atoms with E-state index in [9.17, 15) is 18.4 Å². The fraction of sp³-hybridized carbons (Fsp3) is 0.118. The number of benzene rings is 1. The summed E-state index contributed by atoms with van der Waals surface area (Å²) in [6, 6.07) is 7.74. The Labute approximate surface area is 145 Å². The molecule has 0 aliphatic carbocycles. The van der Waals surface area contributed by atoms with Crippen LogP contribution in [-0.2, 0) is 11.3 Å². The first-order valence-corrected chi connectivity index (χ1v) is 7.54. The third-order valence-corrected chi connectivity index (χ3v) is 3.83. The summed E-state index contributed by atoms with van der Waals surface area (Å²) < 4.78 is 32.7. The van der Waals surface area contributed by atoms with Crippen LogP contribution in [0.3, 0.4) is 0 Å². The monoisotopic (exact) mass is 364 g/mol. The van der Waals surface area contributed by atoms with E-state index in [2.05, 4.69) is 4.98 Å². The van der Waals surface area contributed by atoms with Crippen LogP contribution >= 0.6 is 11.6 Å². The van der Waals surface area contributed by atoms with Gasteiger partial charge in [-0.1, -0.05) is 17.7 Å². The van der Waals surface area contributed by atoms with Gasteiger partial charge in [0.25, 0.3) is 5.56 Å². The van der Waals surface area contributed by atoms with E-state index in [1.165, 1.54) is 10.5 Å². The summed E-state index contributed by atoms with van der Waals surface area (Å²) >= 11 is 5.72. The molecule has 0 radical (unpaired) electrons. The Balaban J connectivity index is 1.85. The van der Waals surface area contributed by atoms with E-state index in [-0.39, 0.29) is 28.4 Å². The third-order valence-electron chi connectivity index (χ3n) is 3.51. The predicted octanol–water partition coefficient (Wildman–Crippen LogP) is 3.29. The number of ether oxygens (including phenoxy) is 1. The van der Waals surface area contributed by atoms with E-state index >= 15 is 0 Å². The number of esters is 1. The lowest BCUT2D eigenvalue weighted by molar-refractivity contribution is 0.0467. The molecule has 0 atom stereocenters. The highest BCUT2D eigenvalue weighted by Gasteiger charge is 2.17. The summed E-state index contributed by atoms with van der Waals surface area (Å²) in [5.74, 6) is -3.33. The Morgan fingerprint density at radius 1 is 1.24 bits per heavy atom. The number of aromatic nitrogens is 2. The quantitative estimate of drug-likeness (QED) is 0.528. The molecule has 2 aromatic heterocycles. The van der Waals surface area contributed by atoms with Gasteiger partial charge in [-0.2, -0.15) is 0 Å². The Hall–Kier alpha value is -2.80. The lowest BCUT2D eigenvalue weighted by atomic mass is 10.2. The molecule has 5 nitrogen and oxygen atoms in total. The second kappa shape index (κ2) is 6.60. The van der Waals surface area contributed by atoms with Crippen LogP contribution in [0.15, 0.2) is 41.2 Å². The molecule has 0 aliphatic rings. The Morgan fingerprint density at radius 2 is 1.96 bits per heavy atom. The summed E-state index contributed by atoms with van der Waals surface area (Å²) in [5, 5.41) is -0.272. The van der Waals surface area contributed by atoms with Gasteiger partial charge in [0.15, 0.2) is 11.6 Å². The molecular weight excluding hydrogens is 354 g/mol. The summed E-state index contributed by atoms with van der Waals surface area (Å²) in [4.78, 5) is 28.4. The molecule has 0 N–H and O–H groups in total. The van der Waals surface area contributed by atoms with Crippen molar-refractivity contribution in [2.75, 3.05) is 0 Å². The number of carbonyl (C=O) groups excluding carboxylic acids is 1. The van der Waals surface area contributed by atoms with Crippen LogP contribution in [0, 0.1) is 18.6 Å². The Bertz CT molecular complexity index is 1050. The highest BCUT2D eigenvalue weighted by molar-refractivity contribution is 6.33. The topological polar surface area (TPSA) is 60.7 Å². The van der Waals surface area contributed by atoms with Gasteiger partial charge < -0.3 is 4.74 Å². The first kappa shape index (κ1) is 17.0. The van der Waals surface area contributed by atoms with Crippen molar-refractivity contribution in [3.8, 4) is 0 Å². The molecule has 1 aromatic carbocycles. The first-order valence-electron chi connectivity index (χ1n) is 7.17. The normalized spacial score (nSPS) is 10.9. The number of nitrogens with zero attached hydrogens (tertiary/aromatic N) is 2. The average Bonchev–Trinajstić information content (AvgIpc) is 2.55. The third kappa shape index (κ3) is 3.36. The molecule has 0 saturated heterocycles. The van der Waals surface area contributed by atoms with Crippen LogP contribution in [-0.4, -0.2) is 15.4 Å². The summed E-state index contributed by atoms with van der Waals surface area (Å²) in [6.45, 7) is 1.45.